The van der Waals surface area contributed by atoms with Gasteiger partial charge in [-0.05, 0) is 37.8 Å². The van der Waals surface area contributed by atoms with Crippen molar-refractivity contribution in [3.8, 4) is 0 Å². The van der Waals surface area contributed by atoms with Gasteiger partial charge < -0.3 is 15.3 Å². The molecule has 0 spiro atoms. The summed E-state index contributed by atoms with van der Waals surface area (Å²) in [6.07, 6.45) is 2.41. The molecule has 0 aliphatic carbocycles. The molecule has 3 amide bonds. The maximum atomic E-state index is 12.6. The van der Waals surface area contributed by atoms with Crippen LogP contribution in [0.2, 0.25) is 5.02 Å². The van der Waals surface area contributed by atoms with Crippen molar-refractivity contribution in [2.24, 2.45) is 5.92 Å². The van der Waals surface area contributed by atoms with E-state index in [0.717, 1.165) is 18.4 Å². The molecule has 10 heteroatoms. The topological polar surface area (TPSA) is 111 Å². The Morgan fingerprint density at radius 3 is 2.77 bits per heavy atom. The Morgan fingerprint density at radius 2 is 2.07 bits per heavy atom. The predicted octanol–water partition coefficient (Wildman–Crippen LogP) is 3.87. The van der Waals surface area contributed by atoms with Crippen LogP contribution >= 0.6 is 11.6 Å². The molecule has 0 bridgehead atoms. The molecule has 1 saturated heterocycles. The van der Waals surface area contributed by atoms with Gasteiger partial charge in [0.05, 0.1) is 17.3 Å². The minimum atomic E-state index is -0.867. The van der Waals surface area contributed by atoms with Crippen molar-refractivity contribution in [3.05, 3.63) is 41.0 Å². The molecule has 4 rings (SSSR count). The molecule has 1 aromatic heterocycles. The number of aromatic nitrogens is 2. The highest BCUT2D eigenvalue weighted by molar-refractivity contribution is 6.34. The van der Waals surface area contributed by atoms with Crippen LogP contribution in [0.3, 0.4) is 0 Å². The standard InChI is InChI=1S/C20H23ClN6O3/c1-12(13-6-8-26(9-7-13)20(29)30)23-18-22-10-14-11-27(19(28)25-17(14)24-18)16-5-3-2-4-15(16)21/h2-5,10,12-13H,6-9,11H2,1H3,(H,29,30)(H2,22,23,24,25,28). The first-order valence-electron chi connectivity index (χ1n) is 9.85. The summed E-state index contributed by atoms with van der Waals surface area (Å²) in [6.45, 7) is 3.44. The van der Waals surface area contributed by atoms with Gasteiger partial charge in [0.1, 0.15) is 5.82 Å². The zero-order valence-corrected chi connectivity index (χ0v) is 17.3. The Kier molecular flexibility index (Phi) is 5.63. The molecule has 1 atom stereocenters. The van der Waals surface area contributed by atoms with Crippen LogP contribution in [0, 0.1) is 5.92 Å². The Hall–Kier alpha value is -3.07. The smallest absolute Gasteiger partial charge is 0.407 e. The first-order valence-corrected chi connectivity index (χ1v) is 10.2. The number of para-hydroxylation sites is 1. The van der Waals surface area contributed by atoms with Crippen molar-refractivity contribution in [2.75, 3.05) is 28.6 Å². The van der Waals surface area contributed by atoms with Crippen molar-refractivity contribution < 1.29 is 14.7 Å². The number of carboxylic acid groups (broad SMARTS) is 1. The molecule has 1 fully saturated rings. The number of carbonyl (C=O) groups is 2. The highest BCUT2D eigenvalue weighted by Crippen LogP contribution is 2.31. The van der Waals surface area contributed by atoms with Gasteiger partial charge in [-0.2, -0.15) is 4.98 Å². The number of hydrogen-bond acceptors (Lipinski definition) is 5. The third kappa shape index (κ3) is 4.11. The van der Waals surface area contributed by atoms with Crippen molar-refractivity contribution in [3.63, 3.8) is 0 Å². The van der Waals surface area contributed by atoms with Crippen LogP contribution in [0.4, 0.5) is 27.0 Å². The van der Waals surface area contributed by atoms with E-state index in [1.54, 1.807) is 23.2 Å². The van der Waals surface area contributed by atoms with Gasteiger partial charge in [0.2, 0.25) is 5.95 Å². The molecule has 3 heterocycles. The van der Waals surface area contributed by atoms with E-state index >= 15 is 0 Å². The van der Waals surface area contributed by atoms with Crippen LogP contribution in [-0.4, -0.2) is 51.2 Å². The van der Waals surface area contributed by atoms with Gasteiger partial charge in [-0.1, -0.05) is 23.7 Å². The highest BCUT2D eigenvalue weighted by Gasteiger charge is 2.29. The third-order valence-electron chi connectivity index (χ3n) is 5.68. The first-order chi connectivity index (χ1) is 14.4. The van der Waals surface area contributed by atoms with E-state index in [4.69, 9.17) is 16.7 Å². The summed E-state index contributed by atoms with van der Waals surface area (Å²) in [7, 11) is 0. The van der Waals surface area contributed by atoms with Gasteiger partial charge in [0.25, 0.3) is 0 Å². The number of hydrogen-bond donors (Lipinski definition) is 3. The maximum Gasteiger partial charge on any atom is 0.407 e. The Morgan fingerprint density at radius 1 is 1.33 bits per heavy atom. The number of piperidine rings is 1. The van der Waals surface area contributed by atoms with Crippen LogP contribution in [0.25, 0.3) is 0 Å². The van der Waals surface area contributed by atoms with Crippen molar-refractivity contribution >= 4 is 41.2 Å². The van der Waals surface area contributed by atoms with Gasteiger partial charge in [0.15, 0.2) is 0 Å². The Balaban J connectivity index is 1.43. The molecular formula is C20H23ClN6O3. The largest absolute Gasteiger partial charge is 0.465 e. The molecule has 2 aliphatic rings. The molecule has 1 aromatic carbocycles. The molecule has 9 nitrogen and oxygen atoms in total. The van der Waals surface area contributed by atoms with Gasteiger partial charge in [-0.25, -0.2) is 14.6 Å². The van der Waals surface area contributed by atoms with Crippen LogP contribution in [0.1, 0.15) is 25.3 Å². The van der Waals surface area contributed by atoms with Crippen LogP contribution in [0.5, 0.6) is 0 Å². The average molecular weight is 431 g/mol. The lowest BCUT2D eigenvalue weighted by Crippen LogP contribution is -2.42. The maximum absolute atomic E-state index is 12.6. The summed E-state index contributed by atoms with van der Waals surface area (Å²) in [5.74, 6) is 1.24. The zero-order valence-electron chi connectivity index (χ0n) is 16.5. The van der Waals surface area contributed by atoms with E-state index < -0.39 is 6.09 Å². The lowest BCUT2D eigenvalue weighted by molar-refractivity contribution is 0.122. The van der Waals surface area contributed by atoms with Gasteiger partial charge in [-0.15, -0.1) is 0 Å². The summed E-state index contributed by atoms with van der Waals surface area (Å²) in [4.78, 5) is 35.5. The minimum Gasteiger partial charge on any atom is -0.465 e. The first kappa shape index (κ1) is 20.2. The molecule has 2 aliphatic heterocycles. The number of fused-ring (bicyclic) bond motifs is 1. The Labute approximate surface area is 179 Å². The van der Waals surface area contributed by atoms with E-state index in [1.165, 1.54) is 4.90 Å². The SMILES string of the molecule is CC(Nc1ncc2c(n1)NC(=O)N(c1ccccc1Cl)C2)C1CCN(C(=O)O)CC1. The number of nitrogens with zero attached hydrogens (tertiary/aromatic N) is 4. The van der Waals surface area contributed by atoms with Gasteiger partial charge in [0, 0.05) is 30.9 Å². The quantitative estimate of drug-likeness (QED) is 0.679. The second kappa shape index (κ2) is 8.35. The molecule has 158 valence electrons. The van der Waals surface area contributed by atoms with Crippen LogP contribution in [0.15, 0.2) is 30.5 Å². The van der Waals surface area contributed by atoms with Crippen molar-refractivity contribution in [2.45, 2.75) is 32.4 Å². The summed E-state index contributed by atoms with van der Waals surface area (Å²) in [5.41, 5.74) is 1.42. The van der Waals surface area contributed by atoms with Crippen molar-refractivity contribution in [1.29, 1.82) is 0 Å². The number of nitrogens with one attached hydrogen (secondary N) is 2. The van der Waals surface area contributed by atoms with E-state index in [2.05, 4.69) is 20.6 Å². The molecule has 30 heavy (non-hydrogen) atoms. The van der Waals surface area contributed by atoms with E-state index in [1.807, 2.05) is 19.1 Å². The van der Waals surface area contributed by atoms with Gasteiger partial charge >= 0.3 is 12.1 Å². The number of urea groups is 1. The van der Waals surface area contributed by atoms with Gasteiger partial charge in [-0.3, -0.25) is 10.2 Å². The number of benzene rings is 1. The lowest BCUT2D eigenvalue weighted by atomic mass is 9.90. The van der Waals surface area contributed by atoms with Crippen LogP contribution < -0.4 is 15.5 Å². The second-order valence-electron chi connectivity index (χ2n) is 7.58. The number of halogens is 1. The monoisotopic (exact) mass is 430 g/mol. The molecule has 0 saturated carbocycles. The number of rotatable bonds is 4. The fourth-order valence-corrected chi connectivity index (χ4v) is 4.13. The summed E-state index contributed by atoms with van der Waals surface area (Å²) < 4.78 is 0. The Bertz CT molecular complexity index is 963. The number of likely N-dealkylation sites (tertiary alicyclic amines) is 1. The summed E-state index contributed by atoms with van der Waals surface area (Å²) in [5, 5.41) is 15.7. The molecule has 0 radical (unpaired) electrons. The fourth-order valence-electron chi connectivity index (χ4n) is 3.89. The molecular weight excluding hydrogens is 408 g/mol. The average Bonchev–Trinajstić information content (AvgIpc) is 2.74. The second-order valence-corrected chi connectivity index (χ2v) is 7.98. The summed E-state index contributed by atoms with van der Waals surface area (Å²) in [6, 6.07) is 6.96. The third-order valence-corrected chi connectivity index (χ3v) is 6.00. The summed E-state index contributed by atoms with van der Waals surface area (Å²) >= 11 is 6.23. The normalized spacial score (nSPS) is 17.9. The lowest BCUT2D eigenvalue weighted by Gasteiger charge is -2.34. The predicted molar refractivity (Wildman–Crippen MR) is 114 cm³/mol. The highest BCUT2D eigenvalue weighted by atomic mass is 35.5. The molecule has 3 N–H and O–H groups in total. The number of carbonyl (C=O) groups excluding carboxylic acids is 1. The molecule has 2 aromatic rings. The minimum absolute atomic E-state index is 0.0814. The fraction of sp³-hybridized carbons (Fsp3) is 0.400. The van der Waals surface area contributed by atoms with Crippen molar-refractivity contribution in [1.82, 2.24) is 14.9 Å². The number of amides is 3. The zero-order chi connectivity index (χ0) is 21.3. The molecule has 1 unspecified atom stereocenters. The number of anilines is 3. The van der Waals surface area contributed by atoms with E-state index in [0.29, 0.717) is 48.0 Å². The van der Waals surface area contributed by atoms with Crippen LogP contribution in [-0.2, 0) is 6.54 Å². The van der Waals surface area contributed by atoms with E-state index in [-0.39, 0.29) is 12.1 Å². The van der Waals surface area contributed by atoms with E-state index in [9.17, 15) is 9.59 Å².